The fraction of sp³-hybridized carbons (Fsp3) is 0.417. The predicted octanol–water partition coefficient (Wildman–Crippen LogP) is 11.4. The van der Waals surface area contributed by atoms with E-state index >= 15 is 0 Å². The molecule has 0 saturated carbocycles. The molecule has 0 aliphatic carbocycles. The fourth-order valence-corrected chi connectivity index (χ4v) is 20.6. The van der Waals surface area contributed by atoms with Crippen LogP contribution < -0.4 is 0 Å². The Hall–Kier alpha value is -2.84. The van der Waals surface area contributed by atoms with Crippen LogP contribution in [-0.4, -0.2) is 52.3 Å². The SMILES string of the molecule is CCCCCCCC/C(C(=O)[O][SnH]([CH2]c1ccccc1)[CH2]c1ccccc1)=C(\CCCCCCCC)C(=O)[O][SnH]([CH2]c1ccccc1)[CH2]c1ccccc1. The number of hydrogen-bond acceptors (Lipinski definition) is 4. The van der Waals surface area contributed by atoms with Gasteiger partial charge in [0.15, 0.2) is 0 Å². The molecule has 4 nitrogen and oxygen atoms in total. The normalized spacial score (nSPS) is 11.8. The first-order chi connectivity index (χ1) is 26.6. The van der Waals surface area contributed by atoms with Gasteiger partial charge in [0, 0.05) is 0 Å². The first-order valence-electron chi connectivity index (χ1n) is 20.8. The van der Waals surface area contributed by atoms with Gasteiger partial charge in [0.2, 0.25) is 0 Å². The van der Waals surface area contributed by atoms with Gasteiger partial charge in [0.1, 0.15) is 0 Å². The Morgan fingerprint density at radius 3 is 0.926 bits per heavy atom. The van der Waals surface area contributed by atoms with Crippen LogP contribution in [0.2, 0.25) is 0 Å². The molecule has 0 aliphatic rings. The Labute approximate surface area is 341 Å². The second-order valence-electron chi connectivity index (χ2n) is 14.8. The van der Waals surface area contributed by atoms with Crippen LogP contribution in [0, 0.1) is 0 Å². The zero-order chi connectivity index (χ0) is 38.1. The van der Waals surface area contributed by atoms with Crippen molar-refractivity contribution in [3.63, 3.8) is 0 Å². The van der Waals surface area contributed by atoms with Gasteiger partial charge in [-0.15, -0.1) is 0 Å². The van der Waals surface area contributed by atoms with E-state index in [2.05, 4.69) is 111 Å². The van der Waals surface area contributed by atoms with E-state index in [9.17, 15) is 9.59 Å². The third kappa shape index (κ3) is 17.3. The molecule has 54 heavy (non-hydrogen) atoms. The van der Waals surface area contributed by atoms with Crippen LogP contribution in [-0.2, 0) is 33.5 Å². The predicted molar refractivity (Wildman–Crippen MR) is 230 cm³/mol. The quantitative estimate of drug-likeness (QED) is 0.0358. The molecule has 0 atom stereocenters. The summed E-state index contributed by atoms with van der Waals surface area (Å²) in [7, 11) is 0. The van der Waals surface area contributed by atoms with E-state index in [1.165, 1.54) is 60.8 Å². The average molecular weight is 942 g/mol. The van der Waals surface area contributed by atoms with Gasteiger partial charge in [-0.05, 0) is 0 Å². The first kappa shape index (κ1) is 43.9. The maximum atomic E-state index is 14.7. The number of carbonyl (C=O) groups excluding carboxylic acids is 2. The number of hydrogen-bond donors (Lipinski definition) is 0. The molecule has 0 N–H and O–H groups in total. The monoisotopic (exact) mass is 944 g/mol. The number of carbonyl (C=O) groups is 2. The standard InChI is InChI=1S/C20H36O4.4C7H7.2Sn.2H/c1-3-5-7-9-11-13-15-17(19(21)22)18(20(23)24)16-14-12-10-8-6-4-2;4*1-7-5-3-2-4-6-7;;;;/h3-16H2,1-2H3,(H,21,22)(H,23,24);4*2-6H,1H2;;;;/q;;;;;2*+1;;/p-2/b18-17-;;;;;;;;. The fourth-order valence-electron chi connectivity index (χ4n) is 7.18. The Morgan fingerprint density at radius 1 is 0.389 bits per heavy atom. The van der Waals surface area contributed by atoms with E-state index < -0.39 is 40.3 Å². The molecule has 0 aromatic heterocycles. The molecular weight excluding hydrogens is 878 g/mol. The summed E-state index contributed by atoms with van der Waals surface area (Å²) in [6.07, 6.45) is 14.5. The van der Waals surface area contributed by atoms with Crippen LogP contribution in [0.15, 0.2) is 132 Å². The van der Waals surface area contributed by atoms with Crippen LogP contribution >= 0.6 is 0 Å². The molecule has 0 radical (unpaired) electrons. The molecule has 288 valence electrons. The summed E-state index contributed by atoms with van der Waals surface area (Å²) < 4.78 is 16.7. The van der Waals surface area contributed by atoms with Gasteiger partial charge < -0.3 is 0 Å². The average Bonchev–Trinajstić information content (AvgIpc) is 3.19. The molecule has 0 amide bonds. The van der Waals surface area contributed by atoms with Gasteiger partial charge in [-0.2, -0.15) is 0 Å². The Bertz CT molecular complexity index is 1420. The van der Waals surface area contributed by atoms with Crippen LogP contribution in [0.4, 0.5) is 0 Å². The van der Waals surface area contributed by atoms with Gasteiger partial charge in [0.25, 0.3) is 0 Å². The topological polar surface area (TPSA) is 52.6 Å². The molecule has 0 heterocycles. The number of unbranched alkanes of at least 4 members (excludes halogenated alkanes) is 10. The molecule has 0 spiro atoms. The molecule has 6 heteroatoms. The van der Waals surface area contributed by atoms with E-state index in [1.54, 1.807) is 0 Å². The molecule has 4 aromatic carbocycles. The summed E-state index contributed by atoms with van der Waals surface area (Å²) in [5.41, 5.74) is 6.05. The summed E-state index contributed by atoms with van der Waals surface area (Å²) in [5.74, 6) is -0.515. The Kier molecular flexibility index (Phi) is 21.8. The van der Waals surface area contributed by atoms with Crippen molar-refractivity contribution >= 4 is 52.3 Å². The van der Waals surface area contributed by atoms with E-state index in [0.717, 1.165) is 56.3 Å². The van der Waals surface area contributed by atoms with Crippen molar-refractivity contribution in [2.75, 3.05) is 0 Å². The summed E-state index contributed by atoms with van der Waals surface area (Å²) in [6.45, 7) is 4.47. The zero-order valence-electron chi connectivity index (χ0n) is 33.1. The van der Waals surface area contributed by atoms with E-state index in [1.807, 2.05) is 24.3 Å². The van der Waals surface area contributed by atoms with Crippen LogP contribution in [0.5, 0.6) is 0 Å². The van der Waals surface area contributed by atoms with Gasteiger partial charge >= 0.3 is 344 Å². The second kappa shape index (κ2) is 26.9. The third-order valence-corrected chi connectivity index (χ3v) is 23.9. The molecule has 0 bridgehead atoms. The van der Waals surface area contributed by atoms with Crippen LogP contribution in [0.3, 0.4) is 0 Å². The second-order valence-corrected chi connectivity index (χ2v) is 27.9. The number of rotatable bonds is 26. The summed E-state index contributed by atoms with van der Waals surface area (Å²) in [4.78, 5) is 29.3. The van der Waals surface area contributed by atoms with E-state index in [4.69, 9.17) is 6.15 Å². The van der Waals surface area contributed by atoms with E-state index in [0.29, 0.717) is 24.0 Å². The molecule has 4 rings (SSSR count). The van der Waals surface area contributed by atoms with Crippen molar-refractivity contribution in [3.05, 3.63) is 155 Å². The van der Waals surface area contributed by atoms with Crippen molar-refractivity contribution in [1.29, 1.82) is 0 Å². The van der Waals surface area contributed by atoms with Crippen molar-refractivity contribution in [2.45, 2.75) is 121 Å². The van der Waals surface area contributed by atoms with Crippen molar-refractivity contribution in [1.82, 2.24) is 0 Å². The summed E-state index contributed by atoms with van der Waals surface area (Å²) in [6, 6.07) is 41.8. The van der Waals surface area contributed by atoms with E-state index in [-0.39, 0.29) is 11.9 Å². The minimum atomic E-state index is -3.02. The first-order valence-corrected chi connectivity index (χ1v) is 32.9. The minimum absolute atomic E-state index is 0.257. The van der Waals surface area contributed by atoms with Crippen LogP contribution in [0.1, 0.15) is 126 Å². The van der Waals surface area contributed by atoms with Gasteiger partial charge in [0.05, 0.1) is 0 Å². The third-order valence-electron chi connectivity index (χ3n) is 10.2. The van der Waals surface area contributed by atoms with Gasteiger partial charge in [-0.1, -0.05) is 0 Å². The van der Waals surface area contributed by atoms with Gasteiger partial charge in [-0.25, -0.2) is 0 Å². The Morgan fingerprint density at radius 2 is 0.648 bits per heavy atom. The zero-order valence-corrected chi connectivity index (χ0v) is 39.7. The van der Waals surface area contributed by atoms with Crippen molar-refractivity contribution in [2.24, 2.45) is 0 Å². The van der Waals surface area contributed by atoms with Crippen molar-refractivity contribution in [3.8, 4) is 0 Å². The Balaban J connectivity index is 1.67. The number of benzene rings is 4. The van der Waals surface area contributed by atoms with Gasteiger partial charge in [-0.3, -0.25) is 0 Å². The maximum absolute atomic E-state index is 14.7. The van der Waals surface area contributed by atoms with Crippen LogP contribution in [0.25, 0.3) is 0 Å². The summed E-state index contributed by atoms with van der Waals surface area (Å²) >= 11 is -6.04. The molecule has 0 saturated heterocycles. The molecule has 0 fully saturated rings. The molecule has 4 aromatic rings. The molecule has 0 aliphatic heterocycles. The molecular formula is C48H64O4Sn2. The molecule has 0 unspecified atom stereocenters. The summed E-state index contributed by atoms with van der Waals surface area (Å²) in [5, 5.41) is 0. The van der Waals surface area contributed by atoms with Crippen molar-refractivity contribution < 1.29 is 15.7 Å².